The summed E-state index contributed by atoms with van der Waals surface area (Å²) in [4.78, 5) is 9.88. The fourth-order valence-corrected chi connectivity index (χ4v) is 5.36. The Kier molecular flexibility index (Phi) is 10.1. The number of aromatic nitrogens is 2. The van der Waals surface area contributed by atoms with E-state index in [9.17, 15) is 0 Å². The third-order valence-corrected chi connectivity index (χ3v) is 7.44. The lowest BCUT2D eigenvalue weighted by molar-refractivity contribution is 0.159. The molecule has 0 spiro atoms. The molecule has 0 N–H and O–H groups in total. The van der Waals surface area contributed by atoms with E-state index in [0.29, 0.717) is 43.6 Å². The number of para-hydroxylation sites is 1. The van der Waals surface area contributed by atoms with Crippen molar-refractivity contribution in [3.05, 3.63) is 84.2 Å². The van der Waals surface area contributed by atoms with Gasteiger partial charge in [-0.2, -0.15) is 0 Å². The van der Waals surface area contributed by atoms with Crippen LogP contribution >= 0.6 is 0 Å². The molecule has 230 valence electrons. The summed E-state index contributed by atoms with van der Waals surface area (Å²) in [5.41, 5.74) is 5.23. The van der Waals surface area contributed by atoms with E-state index in [-0.39, 0.29) is 11.8 Å². The van der Waals surface area contributed by atoms with Crippen LogP contribution in [0.2, 0.25) is 0 Å². The van der Waals surface area contributed by atoms with Crippen LogP contribution < -0.4 is 9.47 Å². The highest BCUT2D eigenvalue weighted by Crippen LogP contribution is 2.38. The molecule has 2 aromatic heterocycles. The van der Waals surface area contributed by atoms with Crippen molar-refractivity contribution in [2.45, 2.75) is 26.7 Å². The highest BCUT2D eigenvalue weighted by Gasteiger charge is 2.22. The molecule has 8 nitrogen and oxygen atoms in total. The van der Waals surface area contributed by atoms with E-state index < -0.39 is 0 Å². The van der Waals surface area contributed by atoms with Gasteiger partial charge in [0.1, 0.15) is 11.5 Å². The molecular weight excluding hydrogens is 556 g/mol. The zero-order valence-electron chi connectivity index (χ0n) is 26.3. The largest absolute Gasteiger partial charge is 0.497 e. The van der Waals surface area contributed by atoms with E-state index in [1.807, 2.05) is 72.8 Å². The standard InChI is InChI=1S/C36H40N2O6/c1-23(21-39-3)18-30-33(27-10-9-11-28(20-27)41-5)43-35(37-30)25-14-16-26(17-15-25)36-38-31(19-24(2)22-40-4)34(44-36)29-12-7-8-13-32(29)42-6/h7-17,20,23-24H,18-19,21-22H2,1-6H3. The van der Waals surface area contributed by atoms with Crippen LogP contribution in [0.15, 0.2) is 81.6 Å². The molecule has 44 heavy (non-hydrogen) atoms. The Balaban J connectivity index is 1.49. The second-order valence-electron chi connectivity index (χ2n) is 11.1. The minimum atomic E-state index is 0.262. The average Bonchev–Trinajstić information content (AvgIpc) is 3.66. The molecule has 8 heteroatoms. The zero-order chi connectivity index (χ0) is 31.1. The van der Waals surface area contributed by atoms with Crippen molar-refractivity contribution in [1.29, 1.82) is 0 Å². The minimum Gasteiger partial charge on any atom is -0.497 e. The van der Waals surface area contributed by atoms with Crippen molar-refractivity contribution in [3.63, 3.8) is 0 Å². The summed E-state index contributed by atoms with van der Waals surface area (Å²) in [6.45, 7) is 5.54. The summed E-state index contributed by atoms with van der Waals surface area (Å²) in [6.07, 6.45) is 1.42. The number of rotatable bonds is 14. The summed E-state index contributed by atoms with van der Waals surface area (Å²) >= 11 is 0. The third-order valence-electron chi connectivity index (χ3n) is 7.44. The van der Waals surface area contributed by atoms with Crippen LogP contribution in [-0.4, -0.2) is 51.6 Å². The van der Waals surface area contributed by atoms with E-state index in [2.05, 4.69) is 13.8 Å². The van der Waals surface area contributed by atoms with Crippen LogP contribution in [0.5, 0.6) is 11.5 Å². The van der Waals surface area contributed by atoms with Crippen LogP contribution in [0, 0.1) is 11.8 Å². The van der Waals surface area contributed by atoms with Gasteiger partial charge in [-0.25, -0.2) is 9.97 Å². The summed E-state index contributed by atoms with van der Waals surface area (Å²) < 4.78 is 34.7. The van der Waals surface area contributed by atoms with Crippen molar-refractivity contribution < 1.29 is 27.8 Å². The third kappa shape index (κ3) is 7.04. The molecule has 0 saturated heterocycles. The van der Waals surface area contributed by atoms with Crippen molar-refractivity contribution in [3.8, 4) is 57.1 Å². The number of hydrogen-bond donors (Lipinski definition) is 0. The number of benzene rings is 3. The minimum absolute atomic E-state index is 0.262. The SMILES string of the molecule is COCC(C)Cc1nc(-c2ccc(-c3nc(CC(C)COC)c(-c4ccccc4OC)o3)cc2)oc1-c1cccc(OC)c1. The predicted molar refractivity (Wildman–Crippen MR) is 171 cm³/mol. The Morgan fingerprint density at radius 3 is 1.75 bits per heavy atom. The molecule has 0 aliphatic heterocycles. The molecule has 0 bridgehead atoms. The van der Waals surface area contributed by atoms with Crippen molar-refractivity contribution in [2.24, 2.45) is 11.8 Å². The average molecular weight is 597 g/mol. The molecule has 0 aliphatic rings. The van der Waals surface area contributed by atoms with Gasteiger partial charge >= 0.3 is 0 Å². The monoisotopic (exact) mass is 596 g/mol. The van der Waals surface area contributed by atoms with Gasteiger partial charge in [0.15, 0.2) is 11.5 Å². The lowest BCUT2D eigenvalue weighted by Crippen LogP contribution is -2.08. The molecule has 0 radical (unpaired) electrons. The molecule has 2 atom stereocenters. The first-order valence-corrected chi connectivity index (χ1v) is 14.8. The van der Waals surface area contributed by atoms with Crippen molar-refractivity contribution >= 4 is 0 Å². The Labute approximate surface area is 259 Å². The van der Waals surface area contributed by atoms with Gasteiger partial charge in [0.2, 0.25) is 11.8 Å². The molecule has 5 rings (SSSR count). The number of nitrogens with zero attached hydrogens (tertiary/aromatic N) is 2. The molecular formula is C36H40N2O6. The van der Waals surface area contributed by atoms with Gasteiger partial charge in [-0.1, -0.05) is 38.1 Å². The summed E-state index contributed by atoms with van der Waals surface area (Å²) in [5, 5.41) is 0. The maximum Gasteiger partial charge on any atom is 0.227 e. The molecule has 2 unspecified atom stereocenters. The Morgan fingerprint density at radius 2 is 1.18 bits per heavy atom. The molecule has 2 heterocycles. The summed E-state index contributed by atoms with van der Waals surface area (Å²) in [5.74, 6) is 4.55. The Hall–Kier alpha value is -4.40. The van der Waals surface area contributed by atoms with E-state index in [4.69, 9.17) is 37.7 Å². The lowest BCUT2D eigenvalue weighted by atomic mass is 10.0. The van der Waals surface area contributed by atoms with Gasteiger partial charge in [-0.3, -0.25) is 0 Å². The quantitative estimate of drug-likeness (QED) is 0.127. The number of oxazole rings is 2. The first-order chi connectivity index (χ1) is 21.4. The van der Waals surface area contributed by atoms with Crippen LogP contribution in [0.4, 0.5) is 0 Å². The van der Waals surface area contributed by atoms with E-state index in [1.165, 1.54) is 0 Å². The number of ether oxygens (including phenoxy) is 4. The molecule has 0 aliphatic carbocycles. The van der Waals surface area contributed by atoms with Gasteiger partial charge in [0.05, 0.1) is 31.2 Å². The second kappa shape index (κ2) is 14.4. The van der Waals surface area contributed by atoms with Crippen LogP contribution in [-0.2, 0) is 22.3 Å². The van der Waals surface area contributed by atoms with Gasteiger partial charge in [-0.15, -0.1) is 0 Å². The normalized spacial score (nSPS) is 12.7. The number of hydrogen-bond acceptors (Lipinski definition) is 8. The van der Waals surface area contributed by atoms with Crippen molar-refractivity contribution in [2.75, 3.05) is 41.7 Å². The van der Waals surface area contributed by atoms with Gasteiger partial charge in [0, 0.05) is 44.1 Å². The maximum absolute atomic E-state index is 6.43. The van der Waals surface area contributed by atoms with Crippen LogP contribution in [0.1, 0.15) is 25.2 Å². The van der Waals surface area contributed by atoms with E-state index in [1.54, 1.807) is 28.4 Å². The fourth-order valence-electron chi connectivity index (χ4n) is 5.36. The van der Waals surface area contributed by atoms with Crippen molar-refractivity contribution in [1.82, 2.24) is 9.97 Å². The summed E-state index contributed by atoms with van der Waals surface area (Å²) in [7, 11) is 6.74. The highest BCUT2D eigenvalue weighted by atomic mass is 16.5. The van der Waals surface area contributed by atoms with Crippen LogP contribution in [0.25, 0.3) is 45.6 Å². The first-order valence-electron chi connectivity index (χ1n) is 14.8. The van der Waals surface area contributed by atoms with Crippen LogP contribution in [0.3, 0.4) is 0 Å². The summed E-state index contributed by atoms with van der Waals surface area (Å²) in [6, 6.07) is 23.6. The fraction of sp³-hybridized carbons (Fsp3) is 0.333. The predicted octanol–water partition coefficient (Wildman–Crippen LogP) is 8.00. The van der Waals surface area contributed by atoms with E-state index in [0.717, 1.165) is 50.9 Å². The maximum atomic E-state index is 6.43. The first kappa shape index (κ1) is 31.0. The highest BCUT2D eigenvalue weighted by molar-refractivity contribution is 5.71. The molecule has 0 amide bonds. The Bertz CT molecular complexity index is 1660. The van der Waals surface area contributed by atoms with Gasteiger partial charge in [0.25, 0.3) is 0 Å². The lowest BCUT2D eigenvalue weighted by Gasteiger charge is -2.10. The smallest absolute Gasteiger partial charge is 0.227 e. The zero-order valence-corrected chi connectivity index (χ0v) is 26.3. The second-order valence-corrected chi connectivity index (χ2v) is 11.1. The molecule has 0 fully saturated rings. The van der Waals surface area contributed by atoms with Gasteiger partial charge < -0.3 is 27.8 Å². The van der Waals surface area contributed by atoms with Gasteiger partial charge in [-0.05, 0) is 73.2 Å². The van der Waals surface area contributed by atoms with E-state index >= 15 is 0 Å². The molecule has 3 aromatic carbocycles. The number of methoxy groups -OCH3 is 4. The molecule has 5 aromatic rings. The topological polar surface area (TPSA) is 89.0 Å². The Morgan fingerprint density at radius 1 is 0.614 bits per heavy atom. The molecule has 0 saturated carbocycles.